The Kier molecular flexibility index (Phi) is 6.72. The van der Waals surface area contributed by atoms with Crippen molar-refractivity contribution in [3.05, 3.63) is 54.0 Å². The standard InChI is InChI=1S/C23H31N5O/c29-23(28-14-8-9-15-28)20-16-24-18-22(26-20)25-17-21(19-10-4-3-5-11-19)27-12-6-1-2-7-13-27/h3-5,10-11,16,18,21H,1-2,6-9,12-15,17H2,(H,25,26). The monoisotopic (exact) mass is 393 g/mol. The van der Waals surface area contributed by atoms with Gasteiger partial charge in [0.15, 0.2) is 0 Å². The van der Waals surface area contributed by atoms with Crippen LogP contribution in [0.2, 0.25) is 0 Å². The number of carbonyl (C=O) groups excluding carboxylic acids is 1. The summed E-state index contributed by atoms with van der Waals surface area (Å²) < 4.78 is 0. The zero-order valence-electron chi connectivity index (χ0n) is 17.1. The van der Waals surface area contributed by atoms with Crippen LogP contribution >= 0.6 is 0 Å². The van der Waals surface area contributed by atoms with E-state index in [4.69, 9.17) is 0 Å². The first-order chi connectivity index (χ1) is 14.3. The summed E-state index contributed by atoms with van der Waals surface area (Å²) in [6, 6.07) is 11.0. The molecule has 2 aliphatic heterocycles. The number of hydrogen-bond acceptors (Lipinski definition) is 5. The van der Waals surface area contributed by atoms with Gasteiger partial charge in [-0.1, -0.05) is 43.2 Å². The minimum Gasteiger partial charge on any atom is -0.367 e. The number of nitrogens with one attached hydrogen (secondary N) is 1. The Labute approximate surface area is 173 Å². The van der Waals surface area contributed by atoms with Crippen molar-refractivity contribution in [2.75, 3.05) is 38.0 Å². The molecule has 0 spiro atoms. The van der Waals surface area contributed by atoms with E-state index in [1.54, 1.807) is 12.4 Å². The molecule has 3 heterocycles. The maximum atomic E-state index is 12.6. The predicted molar refractivity (Wildman–Crippen MR) is 115 cm³/mol. The van der Waals surface area contributed by atoms with Crippen molar-refractivity contribution in [3.63, 3.8) is 0 Å². The van der Waals surface area contributed by atoms with Crippen molar-refractivity contribution in [1.82, 2.24) is 19.8 Å². The Balaban J connectivity index is 1.47. The van der Waals surface area contributed by atoms with Gasteiger partial charge in [-0.15, -0.1) is 0 Å². The average Bonchev–Trinajstić information content (AvgIpc) is 3.18. The quantitative estimate of drug-likeness (QED) is 0.810. The summed E-state index contributed by atoms with van der Waals surface area (Å²) >= 11 is 0. The smallest absolute Gasteiger partial charge is 0.274 e. The lowest BCUT2D eigenvalue weighted by molar-refractivity contribution is 0.0786. The molecule has 1 aromatic heterocycles. The Morgan fingerprint density at radius 3 is 2.34 bits per heavy atom. The SMILES string of the molecule is O=C(c1cncc(NCC(c2ccccc2)N2CCCCCC2)n1)N1CCCC1. The third kappa shape index (κ3) is 5.12. The molecule has 6 heteroatoms. The van der Waals surface area contributed by atoms with Crippen molar-refractivity contribution >= 4 is 11.7 Å². The molecule has 4 rings (SSSR count). The summed E-state index contributed by atoms with van der Waals surface area (Å²) in [5.41, 5.74) is 1.75. The van der Waals surface area contributed by atoms with E-state index in [1.165, 1.54) is 31.2 Å². The molecule has 0 aliphatic carbocycles. The summed E-state index contributed by atoms with van der Waals surface area (Å²) in [6.07, 6.45) is 10.6. The molecule has 2 aliphatic rings. The molecule has 0 saturated carbocycles. The van der Waals surface area contributed by atoms with Crippen LogP contribution in [0.3, 0.4) is 0 Å². The number of likely N-dealkylation sites (tertiary alicyclic amines) is 2. The molecule has 1 atom stereocenters. The highest BCUT2D eigenvalue weighted by molar-refractivity contribution is 5.92. The van der Waals surface area contributed by atoms with Crippen LogP contribution in [0.25, 0.3) is 0 Å². The first-order valence-electron chi connectivity index (χ1n) is 11.0. The van der Waals surface area contributed by atoms with Crippen LogP contribution in [-0.4, -0.2) is 58.4 Å². The molecule has 1 unspecified atom stereocenters. The lowest BCUT2D eigenvalue weighted by Gasteiger charge is -2.31. The van der Waals surface area contributed by atoms with Gasteiger partial charge in [-0.3, -0.25) is 14.7 Å². The highest BCUT2D eigenvalue weighted by Gasteiger charge is 2.23. The number of rotatable bonds is 6. The molecule has 2 fully saturated rings. The summed E-state index contributed by atoms with van der Waals surface area (Å²) in [5, 5.41) is 3.46. The normalized spacial score (nSPS) is 19.0. The van der Waals surface area contributed by atoms with E-state index in [-0.39, 0.29) is 11.9 Å². The number of aromatic nitrogens is 2. The molecule has 154 valence electrons. The molecular weight excluding hydrogens is 362 g/mol. The largest absolute Gasteiger partial charge is 0.367 e. The summed E-state index contributed by atoms with van der Waals surface area (Å²) in [7, 11) is 0. The Morgan fingerprint density at radius 2 is 1.62 bits per heavy atom. The number of benzene rings is 1. The molecule has 1 N–H and O–H groups in total. The molecule has 2 aromatic rings. The Bertz CT molecular complexity index is 783. The second-order valence-electron chi connectivity index (χ2n) is 8.05. The minimum atomic E-state index is -0.00854. The second kappa shape index (κ2) is 9.83. The van der Waals surface area contributed by atoms with E-state index in [2.05, 4.69) is 50.5 Å². The van der Waals surface area contributed by atoms with Crippen LogP contribution in [0, 0.1) is 0 Å². The van der Waals surface area contributed by atoms with E-state index in [1.807, 2.05) is 4.90 Å². The van der Waals surface area contributed by atoms with E-state index in [0.29, 0.717) is 11.5 Å². The molecule has 0 radical (unpaired) electrons. The fourth-order valence-corrected chi connectivity index (χ4v) is 4.38. The van der Waals surface area contributed by atoms with Crippen LogP contribution in [-0.2, 0) is 0 Å². The van der Waals surface area contributed by atoms with Crippen molar-refractivity contribution in [3.8, 4) is 0 Å². The Morgan fingerprint density at radius 1 is 0.931 bits per heavy atom. The number of carbonyl (C=O) groups is 1. The van der Waals surface area contributed by atoms with Gasteiger partial charge in [0.1, 0.15) is 11.5 Å². The third-order valence-electron chi connectivity index (χ3n) is 5.99. The van der Waals surface area contributed by atoms with Crippen LogP contribution in [0.15, 0.2) is 42.7 Å². The van der Waals surface area contributed by atoms with Crippen LogP contribution in [0.5, 0.6) is 0 Å². The van der Waals surface area contributed by atoms with E-state index in [9.17, 15) is 4.79 Å². The molecule has 2 saturated heterocycles. The van der Waals surface area contributed by atoms with Gasteiger partial charge in [-0.05, 0) is 44.3 Å². The number of nitrogens with zero attached hydrogens (tertiary/aromatic N) is 4. The zero-order chi connectivity index (χ0) is 19.9. The number of amides is 1. The van der Waals surface area contributed by atoms with Crippen LogP contribution < -0.4 is 5.32 Å². The lowest BCUT2D eigenvalue weighted by atomic mass is 10.0. The van der Waals surface area contributed by atoms with E-state index in [0.717, 1.165) is 45.6 Å². The molecule has 1 aromatic carbocycles. The van der Waals surface area contributed by atoms with Gasteiger partial charge in [-0.25, -0.2) is 4.98 Å². The molecular formula is C23H31N5O. The lowest BCUT2D eigenvalue weighted by Crippen LogP contribution is -2.34. The van der Waals surface area contributed by atoms with Crippen molar-refractivity contribution < 1.29 is 4.79 Å². The van der Waals surface area contributed by atoms with Gasteiger partial charge in [-0.2, -0.15) is 0 Å². The highest BCUT2D eigenvalue weighted by atomic mass is 16.2. The number of anilines is 1. The highest BCUT2D eigenvalue weighted by Crippen LogP contribution is 2.24. The first-order valence-corrected chi connectivity index (χ1v) is 11.0. The summed E-state index contributed by atoms with van der Waals surface area (Å²) in [5.74, 6) is 0.663. The van der Waals surface area contributed by atoms with Gasteiger partial charge in [0, 0.05) is 19.6 Å². The van der Waals surface area contributed by atoms with Crippen molar-refractivity contribution in [1.29, 1.82) is 0 Å². The predicted octanol–water partition coefficient (Wildman–Crippen LogP) is 3.74. The molecule has 29 heavy (non-hydrogen) atoms. The van der Waals surface area contributed by atoms with E-state index >= 15 is 0 Å². The first kappa shape index (κ1) is 19.8. The average molecular weight is 394 g/mol. The molecule has 1 amide bonds. The summed E-state index contributed by atoms with van der Waals surface area (Å²) in [6.45, 7) is 4.65. The maximum absolute atomic E-state index is 12.6. The van der Waals surface area contributed by atoms with Crippen LogP contribution in [0.1, 0.15) is 60.6 Å². The fourth-order valence-electron chi connectivity index (χ4n) is 4.38. The summed E-state index contributed by atoms with van der Waals surface area (Å²) in [4.78, 5) is 25.9. The van der Waals surface area contributed by atoms with Gasteiger partial charge in [0.05, 0.1) is 18.4 Å². The van der Waals surface area contributed by atoms with Crippen molar-refractivity contribution in [2.24, 2.45) is 0 Å². The molecule has 6 nitrogen and oxygen atoms in total. The third-order valence-corrected chi connectivity index (χ3v) is 5.99. The van der Waals surface area contributed by atoms with Crippen LogP contribution in [0.4, 0.5) is 5.82 Å². The second-order valence-corrected chi connectivity index (χ2v) is 8.05. The van der Waals surface area contributed by atoms with Gasteiger partial charge < -0.3 is 10.2 Å². The topological polar surface area (TPSA) is 61.4 Å². The van der Waals surface area contributed by atoms with Crippen molar-refractivity contribution in [2.45, 2.75) is 44.6 Å². The fraction of sp³-hybridized carbons (Fsp3) is 0.522. The zero-order valence-corrected chi connectivity index (χ0v) is 17.1. The maximum Gasteiger partial charge on any atom is 0.274 e. The Hall–Kier alpha value is -2.47. The van der Waals surface area contributed by atoms with Gasteiger partial charge >= 0.3 is 0 Å². The van der Waals surface area contributed by atoms with Gasteiger partial charge in [0.2, 0.25) is 0 Å². The molecule has 0 bridgehead atoms. The number of hydrogen-bond donors (Lipinski definition) is 1. The van der Waals surface area contributed by atoms with E-state index < -0.39 is 0 Å². The minimum absolute atomic E-state index is 0.00854. The van der Waals surface area contributed by atoms with Gasteiger partial charge in [0.25, 0.3) is 5.91 Å².